The smallest absolute Gasteiger partial charge is 0.326 e. The summed E-state index contributed by atoms with van der Waals surface area (Å²) in [7, 11) is 0. The minimum Gasteiger partial charge on any atom is -0.480 e. The molecule has 150 valence electrons. The summed E-state index contributed by atoms with van der Waals surface area (Å²) in [5, 5.41) is 15.4. The number of carbonyl (C=O) groups is 3. The monoisotopic (exact) mass is 433 g/mol. The molecular formula is C20H17Cl2N3O4. The van der Waals surface area contributed by atoms with E-state index in [0.29, 0.717) is 24.1 Å². The maximum Gasteiger partial charge on any atom is 0.326 e. The first-order valence-corrected chi connectivity index (χ1v) is 9.51. The van der Waals surface area contributed by atoms with Crippen molar-refractivity contribution in [1.82, 2.24) is 10.3 Å². The number of amides is 1. The molecule has 29 heavy (non-hydrogen) atoms. The van der Waals surface area contributed by atoms with Gasteiger partial charge in [0.05, 0.1) is 15.7 Å². The van der Waals surface area contributed by atoms with Crippen LogP contribution in [0.2, 0.25) is 10.0 Å². The zero-order chi connectivity index (χ0) is 21.0. The van der Waals surface area contributed by atoms with Gasteiger partial charge >= 0.3 is 5.97 Å². The van der Waals surface area contributed by atoms with E-state index in [2.05, 4.69) is 15.6 Å². The molecule has 1 amide bonds. The third-order valence-electron chi connectivity index (χ3n) is 4.38. The zero-order valence-corrected chi connectivity index (χ0v) is 16.6. The Morgan fingerprint density at radius 3 is 2.31 bits per heavy atom. The van der Waals surface area contributed by atoms with Crippen LogP contribution in [0.4, 0.5) is 5.69 Å². The summed E-state index contributed by atoms with van der Waals surface area (Å²) in [6, 6.07) is 5.66. The molecule has 2 aromatic rings. The third kappa shape index (κ3) is 5.34. The van der Waals surface area contributed by atoms with Gasteiger partial charge in [0.1, 0.15) is 6.04 Å². The molecule has 1 aliphatic carbocycles. The lowest BCUT2D eigenvalue weighted by atomic mass is 10.0. The van der Waals surface area contributed by atoms with Crippen LogP contribution >= 0.6 is 23.2 Å². The van der Waals surface area contributed by atoms with E-state index >= 15 is 0 Å². The predicted molar refractivity (Wildman–Crippen MR) is 109 cm³/mol. The Kier molecular flexibility index (Phi) is 6.51. The summed E-state index contributed by atoms with van der Waals surface area (Å²) in [5.74, 6) is -1.44. The molecule has 0 radical (unpaired) electrons. The molecule has 0 spiro atoms. The van der Waals surface area contributed by atoms with Crippen LogP contribution in [0, 0.1) is 0 Å². The number of halogens is 2. The zero-order valence-electron chi connectivity index (χ0n) is 15.1. The molecule has 0 aliphatic heterocycles. The van der Waals surface area contributed by atoms with E-state index in [0.717, 1.165) is 5.56 Å². The number of carboxylic acid groups (broad SMARTS) is 1. The minimum absolute atomic E-state index is 0.0126. The first kappa shape index (κ1) is 20.8. The minimum atomic E-state index is -1.02. The highest BCUT2D eigenvalue weighted by molar-refractivity contribution is 6.39. The van der Waals surface area contributed by atoms with Crippen molar-refractivity contribution in [1.29, 1.82) is 0 Å². The molecule has 0 saturated carbocycles. The van der Waals surface area contributed by atoms with Gasteiger partial charge in [0.25, 0.3) is 5.91 Å². The maximum absolute atomic E-state index is 12.4. The fraction of sp³-hybridized carbons (Fsp3) is 0.200. The summed E-state index contributed by atoms with van der Waals surface area (Å²) >= 11 is 12.0. The largest absolute Gasteiger partial charge is 0.480 e. The molecule has 3 rings (SSSR count). The molecule has 0 unspecified atom stereocenters. The Bertz CT molecular complexity index is 969. The van der Waals surface area contributed by atoms with Gasteiger partial charge in [-0.2, -0.15) is 0 Å². The lowest BCUT2D eigenvalue weighted by molar-refractivity contribution is -0.139. The van der Waals surface area contributed by atoms with Gasteiger partial charge in [0.2, 0.25) is 0 Å². The van der Waals surface area contributed by atoms with E-state index < -0.39 is 17.9 Å². The summed E-state index contributed by atoms with van der Waals surface area (Å²) in [6.45, 7) is 0. The summed E-state index contributed by atoms with van der Waals surface area (Å²) in [5.41, 5.74) is 1.99. The van der Waals surface area contributed by atoms with E-state index in [4.69, 9.17) is 23.2 Å². The average Bonchev–Trinajstić information content (AvgIpc) is 3.09. The molecule has 1 aromatic heterocycles. The number of aliphatic carboxylic acids is 1. The number of ketones is 1. The Balaban J connectivity index is 1.67. The lowest BCUT2D eigenvalue weighted by Crippen LogP contribution is -2.37. The molecule has 3 N–H and O–H groups in total. The Labute approximate surface area is 176 Å². The molecule has 0 saturated heterocycles. The van der Waals surface area contributed by atoms with Crippen LogP contribution in [0.15, 0.2) is 48.4 Å². The van der Waals surface area contributed by atoms with Gasteiger partial charge in [-0.1, -0.05) is 35.3 Å². The van der Waals surface area contributed by atoms with Crippen molar-refractivity contribution in [2.24, 2.45) is 0 Å². The number of allylic oxidation sites excluding steroid dienone is 2. The van der Waals surface area contributed by atoms with Crippen LogP contribution in [0.3, 0.4) is 0 Å². The van der Waals surface area contributed by atoms with Gasteiger partial charge in [0, 0.05) is 42.6 Å². The molecule has 1 atom stereocenters. The van der Waals surface area contributed by atoms with Crippen molar-refractivity contribution >= 4 is 46.5 Å². The van der Waals surface area contributed by atoms with Crippen molar-refractivity contribution in [3.63, 3.8) is 0 Å². The number of pyridine rings is 1. The fourth-order valence-electron chi connectivity index (χ4n) is 2.88. The number of carboxylic acids is 1. The maximum atomic E-state index is 12.4. The summed E-state index contributed by atoms with van der Waals surface area (Å²) in [6.07, 6.45) is 5.30. The SMILES string of the molecule is O=C1C=C(N[C@@H](Cc2ccc(C(=O)Nc3c(Cl)cncc3Cl)cc2)C(=O)O)CC1. The first-order chi connectivity index (χ1) is 13.8. The van der Waals surface area contributed by atoms with E-state index in [1.807, 2.05) is 0 Å². The normalized spacial score (nSPS) is 14.3. The second-order valence-corrected chi connectivity index (χ2v) is 7.32. The molecule has 0 fully saturated rings. The number of aromatic nitrogens is 1. The highest BCUT2D eigenvalue weighted by Crippen LogP contribution is 2.29. The number of anilines is 1. The van der Waals surface area contributed by atoms with Crippen LogP contribution in [-0.2, 0) is 16.0 Å². The summed E-state index contributed by atoms with van der Waals surface area (Å²) in [4.78, 5) is 39.1. The molecule has 7 nitrogen and oxygen atoms in total. The topological polar surface area (TPSA) is 108 Å². The number of nitrogens with zero attached hydrogens (tertiary/aromatic N) is 1. The van der Waals surface area contributed by atoms with Crippen LogP contribution < -0.4 is 10.6 Å². The molecular weight excluding hydrogens is 417 g/mol. The Morgan fingerprint density at radius 2 is 1.76 bits per heavy atom. The van der Waals surface area contributed by atoms with Crippen LogP contribution in [-0.4, -0.2) is 33.8 Å². The van der Waals surface area contributed by atoms with Crippen LogP contribution in [0.1, 0.15) is 28.8 Å². The van der Waals surface area contributed by atoms with Gasteiger partial charge in [0.15, 0.2) is 5.78 Å². The fourth-order valence-corrected chi connectivity index (χ4v) is 3.34. The molecule has 0 bridgehead atoms. The van der Waals surface area contributed by atoms with E-state index in [1.165, 1.54) is 18.5 Å². The molecule has 1 aromatic carbocycles. The number of benzene rings is 1. The molecule has 1 heterocycles. The van der Waals surface area contributed by atoms with Crippen molar-refractivity contribution in [2.45, 2.75) is 25.3 Å². The van der Waals surface area contributed by atoms with Crippen molar-refractivity contribution in [3.8, 4) is 0 Å². The average molecular weight is 434 g/mol. The van der Waals surface area contributed by atoms with Gasteiger partial charge < -0.3 is 15.7 Å². The lowest BCUT2D eigenvalue weighted by Gasteiger charge is -2.16. The van der Waals surface area contributed by atoms with E-state index in [9.17, 15) is 19.5 Å². The number of hydrogen-bond acceptors (Lipinski definition) is 5. The van der Waals surface area contributed by atoms with Gasteiger partial charge in [-0.3, -0.25) is 14.6 Å². The second-order valence-electron chi connectivity index (χ2n) is 6.50. The quantitative estimate of drug-likeness (QED) is 0.616. The van der Waals surface area contributed by atoms with E-state index in [-0.39, 0.29) is 27.9 Å². The number of rotatable bonds is 7. The van der Waals surface area contributed by atoms with Crippen molar-refractivity contribution < 1.29 is 19.5 Å². The van der Waals surface area contributed by atoms with Gasteiger partial charge in [-0.25, -0.2) is 4.79 Å². The number of hydrogen-bond donors (Lipinski definition) is 3. The molecule has 1 aliphatic rings. The number of nitrogens with one attached hydrogen (secondary N) is 2. The number of carbonyl (C=O) groups excluding carboxylic acids is 2. The predicted octanol–water partition coefficient (Wildman–Crippen LogP) is 3.47. The van der Waals surface area contributed by atoms with Crippen LogP contribution in [0.25, 0.3) is 0 Å². The van der Waals surface area contributed by atoms with Gasteiger partial charge in [-0.15, -0.1) is 0 Å². The third-order valence-corrected chi connectivity index (χ3v) is 4.95. The highest BCUT2D eigenvalue weighted by atomic mass is 35.5. The Hall–Kier alpha value is -2.90. The van der Waals surface area contributed by atoms with E-state index in [1.54, 1.807) is 24.3 Å². The standard InChI is InChI=1S/C20H17Cl2N3O4/c21-15-9-23-10-16(22)18(15)25-19(27)12-3-1-11(2-4-12)7-17(20(28)29)24-13-5-6-14(26)8-13/h1-4,8-10,17,24H,5-7H2,(H,28,29)(H,23,25,27)/t17-/m0/s1. The molecule has 9 heteroatoms. The highest BCUT2D eigenvalue weighted by Gasteiger charge is 2.22. The second kappa shape index (κ2) is 9.07. The van der Waals surface area contributed by atoms with Gasteiger partial charge in [-0.05, 0) is 24.1 Å². The van der Waals surface area contributed by atoms with Crippen molar-refractivity contribution in [3.05, 3.63) is 69.6 Å². The van der Waals surface area contributed by atoms with Crippen LogP contribution in [0.5, 0.6) is 0 Å². The Morgan fingerprint density at radius 1 is 1.10 bits per heavy atom. The summed E-state index contributed by atoms with van der Waals surface area (Å²) < 4.78 is 0. The first-order valence-electron chi connectivity index (χ1n) is 8.75. The van der Waals surface area contributed by atoms with Crippen molar-refractivity contribution in [2.75, 3.05) is 5.32 Å².